The quantitative estimate of drug-likeness (QED) is 0.108. The number of piperazine rings is 1. The average molecular weight is 697 g/mol. The number of rotatable bonds is 14. The SMILES string of the molecule is C#Cc1c(F)ccc2cc(O)cc(-c3ncc4c(N5CC6CCC(C5)N6)nc(O[C@@H]5CCN(CCCCCCCCCC(C)=O)C5)nc4c3F)c12. The number of aromatic nitrogens is 3. The number of Topliss-reactive ketones (excluding diaryl/α,β-unsaturated/α-hetero) is 1. The molecule has 0 spiro atoms. The van der Waals surface area contributed by atoms with Gasteiger partial charge in [0.2, 0.25) is 0 Å². The first-order valence-electron chi connectivity index (χ1n) is 18.4. The summed E-state index contributed by atoms with van der Waals surface area (Å²) in [5, 5.41) is 15.4. The van der Waals surface area contributed by atoms with Crippen LogP contribution in [0.2, 0.25) is 0 Å². The topological polar surface area (TPSA) is 104 Å². The summed E-state index contributed by atoms with van der Waals surface area (Å²) >= 11 is 0. The van der Waals surface area contributed by atoms with Crippen molar-refractivity contribution in [2.24, 2.45) is 0 Å². The van der Waals surface area contributed by atoms with Crippen LogP contribution in [0.3, 0.4) is 0 Å². The number of halogens is 2. The zero-order chi connectivity index (χ0) is 35.5. The van der Waals surface area contributed by atoms with Crippen LogP contribution in [0.1, 0.15) is 83.1 Å². The Morgan fingerprint density at radius 2 is 1.76 bits per heavy atom. The third-order valence-electron chi connectivity index (χ3n) is 10.6. The third-order valence-corrected chi connectivity index (χ3v) is 10.6. The maximum Gasteiger partial charge on any atom is 0.319 e. The highest BCUT2D eigenvalue weighted by Gasteiger charge is 2.35. The van der Waals surface area contributed by atoms with Gasteiger partial charge in [0.05, 0.1) is 10.9 Å². The van der Waals surface area contributed by atoms with Crippen molar-refractivity contribution in [3.63, 3.8) is 0 Å². The number of phenolic OH excluding ortho intramolecular Hbond substituents is 1. The summed E-state index contributed by atoms with van der Waals surface area (Å²) in [6, 6.07) is 6.32. The van der Waals surface area contributed by atoms with Crippen molar-refractivity contribution in [2.75, 3.05) is 37.6 Å². The lowest BCUT2D eigenvalue weighted by Crippen LogP contribution is -2.51. The molecule has 0 amide bonds. The number of anilines is 1. The van der Waals surface area contributed by atoms with E-state index in [0.29, 0.717) is 40.5 Å². The smallest absolute Gasteiger partial charge is 0.319 e. The van der Waals surface area contributed by atoms with E-state index in [1.54, 1.807) is 13.1 Å². The van der Waals surface area contributed by atoms with Gasteiger partial charge in [-0.25, -0.2) is 8.78 Å². The number of hydrogen-bond acceptors (Lipinski definition) is 9. The summed E-state index contributed by atoms with van der Waals surface area (Å²) in [7, 11) is 0. The molecule has 0 aliphatic carbocycles. The van der Waals surface area contributed by atoms with Gasteiger partial charge in [0, 0.05) is 61.8 Å². The number of likely N-dealkylation sites (tertiary alicyclic amines) is 1. The Morgan fingerprint density at radius 1 is 1.02 bits per heavy atom. The first-order valence-corrected chi connectivity index (χ1v) is 18.4. The van der Waals surface area contributed by atoms with Crippen LogP contribution < -0.4 is 15.0 Å². The predicted octanol–water partition coefficient (Wildman–Crippen LogP) is 6.91. The fourth-order valence-corrected chi connectivity index (χ4v) is 8.06. The molecule has 2 unspecified atom stereocenters. The summed E-state index contributed by atoms with van der Waals surface area (Å²) in [4.78, 5) is 29.8. The van der Waals surface area contributed by atoms with E-state index in [-0.39, 0.29) is 46.0 Å². The molecule has 2 aromatic carbocycles. The molecule has 9 nitrogen and oxygen atoms in total. The summed E-state index contributed by atoms with van der Waals surface area (Å²) < 4.78 is 38.1. The minimum Gasteiger partial charge on any atom is -0.508 e. The van der Waals surface area contributed by atoms with Crippen LogP contribution in [-0.4, -0.2) is 81.7 Å². The number of ketones is 1. The van der Waals surface area contributed by atoms with Gasteiger partial charge in [-0.05, 0) is 69.2 Å². The first kappa shape index (κ1) is 35.0. The molecule has 4 aromatic rings. The Balaban J connectivity index is 1.12. The van der Waals surface area contributed by atoms with Crippen LogP contribution >= 0.6 is 0 Å². The molecule has 51 heavy (non-hydrogen) atoms. The van der Waals surface area contributed by atoms with Gasteiger partial charge in [-0.15, -0.1) is 6.42 Å². The zero-order valence-corrected chi connectivity index (χ0v) is 29.3. The summed E-state index contributed by atoms with van der Waals surface area (Å²) in [5.74, 6) is 1.80. The Kier molecular flexibility index (Phi) is 10.6. The van der Waals surface area contributed by atoms with E-state index in [1.807, 2.05) is 0 Å². The van der Waals surface area contributed by atoms with Gasteiger partial charge in [-0.2, -0.15) is 9.97 Å². The fraction of sp³-hybridized carbons (Fsp3) is 0.500. The van der Waals surface area contributed by atoms with Gasteiger partial charge in [0.15, 0.2) is 5.82 Å². The van der Waals surface area contributed by atoms with Crippen molar-refractivity contribution in [2.45, 2.75) is 95.7 Å². The van der Waals surface area contributed by atoms with E-state index in [4.69, 9.17) is 16.1 Å². The Labute approximate surface area is 297 Å². The third kappa shape index (κ3) is 7.77. The zero-order valence-electron chi connectivity index (χ0n) is 29.3. The number of nitrogens with one attached hydrogen (secondary N) is 1. The number of aromatic hydroxyl groups is 1. The van der Waals surface area contributed by atoms with Crippen LogP contribution in [0.5, 0.6) is 11.8 Å². The molecular weight excluding hydrogens is 650 g/mol. The van der Waals surface area contributed by atoms with E-state index in [9.17, 15) is 14.3 Å². The van der Waals surface area contributed by atoms with Crippen molar-refractivity contribution in [1.82, 2.24) is 25.2 Å². The van der Waals surface area contributed by atoms with Crippen LogP contribution in [0.15, 0.2) is 30.5 Å². The Morgan fingerprint density at radius 3 is 2.51 bits per heavy atom. The second-order valence-electron chi connectivity index (χ2n) is 14.5. The van der Waals surface area contributed by atoms with Crippen molar-refractivity contribution in [3.05, 3.63) is 47.7 Å². The number of fused-ring (bicyclic) bond motifs is 4. The summed E-state index contributed by atoms with van der Waals surface area (Å²) in [6.45, 7) is 5.77. The lowest BCUT2D eigenvalue weighted by molar-refractivity contribution is -0.117. The van der Waals surface area contributed by atoms with E-state index >= 15 is 4.39 Å². The first-order chi connectivity index (χ1) is 24.8. The molecule has 3 aliphatic heterocycles. The molecule has 0 radical (unpaired) electrons. The number of carbonyl (C=O) groups is 1. The molecule has 11 heteroatoms. The lowest BCUT2D eigenvalue weighted by Gasteiger charge is -2.34. The molecule has 2 aromatic heterocycles. The molecule has 2 bridgehead atoms. The highest BCUT2D eigenvalue weighted by molar-refractivity contribution is 6.03. The van der Waals surface area contributed by atoms with Gasteiger partial charge in [0.1, 0.15) is 40.5 Å². The van der Waals surface area contributed by atoms with E-state index in [2.05, 4.69) is 31.0 Å². The molecule has 3 fully saturated rings. The second-order valence-corrected chi connectivity index (χ2v) is 14.5. The van der Waals surface area contributed by atoms with Crippen LogP contribution in [0, 0.1) is 24.0 Å². The largest absolute Gasteiger partial charge is 0.508 e. The van der Waals surface area contributed by atoms with Crippen LogP contribution in [0.25, 0.3) is 32.9 Å². The van der Waals surface area contributed by atoms with Crippen molar-refractivity contribution in [3.8, 4) is 35.4 Å². The minimum absolute atomic E-state index is 0.0283. The number of hydrogen-bond donors (Lipinski definition) is 2. The molecule has 3 atom stereocenters. The van der Waals surface area contributed by atoms with Gasteiger partial charge in [-0.1, -0.05) is 44.1 Å². The van der Waals surface area contributed by atoms with Crippen molar-refractivity contribution < 1.29 is 23.4 Å². The monoisotopic (exact) mass is 696 g/mol. The number of nitrogens with zero attached hydrogens (tertiary/aromatic N) is 5. The molecule has 5 heterocycles. The number of carbonyl (C=O) groups excluding carboxylic acids is 1. The lowest BCUT2D eigenvalue weighted by atomic mass is 9.96. The summed E-state index contributed by atoms with van der Waals surface area (Å²) in [5.41, 5.74) is 0.111. The molecule has 3 saturated heterocycles. The van der Waals surface area contributed by atoms with Gasteiger partial charge in [0.25, 0.3) is 0 Å². The van der Waals surface area contributed by atoms with E-state index in [1.165, 1.54) is 49.9 Å². The number of pyridine rings is 1. The Bertz CT molecular complexity index is 1950. The molecule has 0 saturated carbocycles. The molecule has 7 rings (SSSR count). The minimum atomic E-state index is -0.717. The van der Waals surface area contributed by atoms with Gasteiger partial charge in [-0.3, -0.25) is 9.88 Å². The number of phenols is 1. The van der Waals surface area contributed by atoms with Gasteiger partial charge >= 0.3 is 6.01 Å². The van der Waals surface area contributed by atoms with Crippen molar-refractivity contribution >= 4 is 33.3 Å². The summed E-state index contributed by atoms with van der Waals surface area (Å²) in [6.07, 6.45) is 18.8. The second kappa shape index (κ2) is 15.5. The van der Waals surface area contributed by atoms with E-state index < -0.39 is 11.6 Å². The normalized spacial score (nSPS) is 20.4. The van der Waals surface area contributed by atoms with Gasteiger partial charge < -0.3 is 24.9 Å². The van der Waals surface area contributed by atoms with E-state index in [0.717, 1.165) is 71.2 Å². The number of ether oxygens (including phenoxy) is 1. The fourth-order valence-electron chi connectivity index (χ4n) is 8.06. The molecule has 2 N–H and O–H groups in total. The molecular formula is C40H46F2N6O3. The number of terminal acetylenes is 1. The molecule has 268 valence electrons. The standard InChI is InChI=1S/C40H46F2N6O3/c1-3-31-34(41)15-12-26-19-29(50)20-32(35(26)31)37-36(42)38-33(21-43-37)39(48-22-27-13-14-28(23-48)44-27)46-40(45-38)51-30-16-18-47(24-30)17-10-8-6-4-5-7-9-11-25(2)49/h1,12,15,19-21,27-28,30,44,50H,4-11,13-14,16-18,22-24H2,2H3/t27?,28?,30-/m1/s1. The highest BCUT2D eigenvalue weighted by atomic mass is 19.1. The number of benzene rings is 2. The predicted molar refractivity (Wildman–Crippen MR) is 195 cm³/mol. The number of unbranched alkanes of at least 4 members (excludes halogenated alkanes) is 6. The van der Waals surface area contributed by atoms with Crippen LogP contribution in [-0.2, 0) is 4.79 Å². The average Bonchev–Trinajstić information content (AvgIpc) is 3.71. The highest BCUT2D eigenvalue weighted by Crippen LogP contribution is 2.39. The van der Waals surface area contributed by atoms with Crippen LogP contribution in [0.4, 0.5) is 14.6 Å². The maximum atomic E-state index is 16.9. The Hall–Kier alpha value is -4.40. The maximum absolute atomic E-state index is 16.9. The molecule has 3 aliphatic rings. The van der Waals surface area contributed by atoms with Crippen molar-refractivity contribution in [1.29, 1.82) is 0 Å².